The van der Waals surface area contributed by atoms with Crippen LogP contribution in [0.3, 0.4) is 0 Å². The molecule has 0 aliphatic carbocycles. The van der Waals surface area contributed by atoms with E-state index in [2.05, 4.69) is 0 Å². The lowest BCUT2D eigenvalue weighted by Gasteiger charge is -2.26. The SMILES string of the molecule is O=C(O)C(Cc1ccc(C(F)(F)P(=O)(O)O)cc1)(Cc1ccc(C(F)(F)P(=O)(O)O)cc1)C(=O)O. The Hall–Kier alpha value is -2.60. The Morgan fingerprint density at radius 2 is 0.886 bits per heavy atom. The fourth-order valence-electron chi connectivity index (χ4n) is 3.14. The molecule has 2 rings (SSSR count). The van der Waals surface area contributed by atoms with Crippen molar-refractivity contribution in [3.05, 3.63) is 70.8 Å². The first-order chi connectivity index (χ1) is 15.8. The van der Waals surface area contributed by atoms with Crippen LogP contribution in [-0.4, -0.2) is 41.7 Å². The Balaban J connectivity index is 2.41. The van der Waals surface area contributed by atoms with Crippen LogP contribution < -0.4 is 0 Å². The van der Waals surface area contributed by atoms with E-state index >= 15 is 0 Å². The number of hydrogen-bond acceptors (Lipinski definition) is 4. The summed E-state index contributed by atoms with van der Waals surface area (Å²) < 4.78 is 77.2. The first kappa shape index (κ1) is 28.6. The fraction of sp³-hybridized carbons (Fsp3) is 0.263. The van der Waals surface area contributed by atoms with Gasteiger partial charge in [-0.1, -0.05) is 48.5 Å². The molecule has 0 spiro atoms. The van der Waals surface area contributed by atoms with Gasteiger partial charge in [0.05, 0.1) is 0 Å². The minimum absolute atomic E-state index is 0.107. The van der Waals surface area contributed by atoms with Crippen molar-refractivity contribution < 1.29 is 66.1 Å². The van der Waals surface area contributed by atoms with Crippen molar-refractivity contribution in [2.75, 3.05) is 0 Å². The van der Waals surface area contributed by atoms with Crippen molar-refractivity contribution in [1.82, 2.24) is 0 Å². The predicted molar refractivity (Wildman–Crippen MR) is 110 cm³/mol. The number of hydrogen-bond donors (Lipinski definition) is 6. The molecule has 0 atom stereocenters. The number of benzene rings is 2. The predicted octanol–water partition coefficient (Wildman–Crippen LogP) is 3.08. The number of carboxylic acids is 2. The van der Waals surface area contributed by atoms with Gasteiger partial charge >= 0.3 is 38.5 Å². The minimum Gasteiger partial charge on any atom is -0.480 e. The van der Waals surface area contributed by atoms with Gasteiger partial charge in [-0.15, -0.1) is 0 Å². The minimum atomic E-state index is -5.87. The summed E-state index contributed by atoms with van der Waals surface area (Å²) in [5.41, 5.74) is -14.1. The Labute approximate surface area is 194 Å². The molecule has 0 unspecified atom stereocenters. The maximum atomic E-state index is 13.8. The highest BCUT2D eigenvalue weighted by Gasteiger charge is 2.52. The number of alkyl halides is 4. The number of carbonyl (C=O) groups is 2. The van der Waals surface area contributed by atoms with Crippen LogP contribution in [0.4, 0.5) is 17.6 Å². The van der Waals surface area contributed by atoms with E-state index < -0.39 is 67.8 Å². The standard InChI is InChI=1S/C19H18F4O10P2/c20-18(21,34(28,29)30)13-5-1-11(2-6-13)9-17(15(24)25,16(26)27)10-12-3-7-14(8-4-12)19(22,23)35(31,32)33/h1-8H,9-10H2,(H,24,25)(H,26,27)(H2,28,29,30)(H2,31,32,33). The highest BCUT2D eigenvalue weighted by Crippen LogP contribution is 2.60. The van der Waals surface area contributed by atoms with Gasteiger partial charge in [0.1, 0.15) is 0 Å². The normalized spacial score (nSPS) is 13.5. The van der Waals surface area contributed by atoms with Gasteiger partial charge in [-0.25, -0.2) is 0 Å². The van der Waals surface area contributed by atoms with Gasteiger partial charge in [0.15, 0.2) is 5.41 Å². The summed E-state index contributed by atoms with van der Waals surface area (Å²) in [6, 6.07) is 5.85. The van der Waals surface area contributed by atoms with Gasteiger partial charge in [-0.2, -0.15) is 17.6 Å². The van der Waals surface area contributed by atoms with E-state index in [0.29, 0.717) is 24.3 Å². The molecule has 0 saturated heterocycles. The fourth-order valence-corrected chi connectivity index (χ4v) is 4.11. The highest BCUT2D eigenvalue weighted by atomic mass is 31.2. The van der Waals surface area contributed by atoms with Crippen molar-refractivity contribution in [2.24, 2.45) is 5.41 Å². The van der Waals surface area contributed by atoms with Crippen molar-refractivity contribution in [3.8, 4) is 0 Å². The molecule has 0 fully saturated rings. The second-order valence-electron chi connectivity index (χ2n) is 7.61. The van der Waals surface area contributed by atoms with Crippen LogP contribution in [-0.2, 0) is 42.9 Å². The summed E-state index contributed by atoms with van der Waals surface area (Å²) in [5, 5.41) is 19.3. The molecule has 0 aliphatic heterocycles. The molecule has 192 valence electrons. The quantitative estimate of drug-likeness (QED) is 0.147. The van der Waals surface area contributed by atoms with E-state index in [1.807, 2.05) is 0 Å². The summed E-state index contributed by atoms with van der Waals surface area (Å²) in [6.45, 7) is 0. The lowest BCUT2D eigenvalue weighted by molar-refractivity contribution is -0.164. The van der Waals surface area contributed by atoms with E-state index in [-0.39, 0.29) is 11.1 Å². The molecule has 0 aliphatic rings. The molecular weight excluding hydrogens is 526 g/mol. The Morgan fingerprint density at radius 3 is 1.09 bits per heavy atom. The summed E-state index contributed by atoms with van der Waals surface area (Å²) in [6.07, 6.45) is -1.58. The van der Waals surface area contributed by atoms with E-state index in [1.54, 1.807) is 0 Å². The van der Waals surface area contributed by atoms with Crippen molar-refractivity contribution in [3.63, 3.8) is 0 Å². The second-order valence-corrected chi connectivity index (χ2v) is 10.9. The zero-order valence-electron chi connectivity index (χ0n) is 17.3. The molecule has 2 aromatic carbocycles. The van der Waals surface area contributed by atoms with Crippen molar-refractivity contribution in [2.45, 2.75) is 24.2 Å². The van der Waals surface area contributed by atoms with Crippen LogP contribution in [0.5, 0.6) is 0 Å². The summed E-state index contributed by atoms with van der Waals surface area (Å²) in [4.78, 5) is 59.1. The van der Waals surface area contributed by atoms with E-state index in [1.165, 1.54) is 0 Å². The lowest BCUT2D eigenvalue weighted by Crippen LogP contribution is -2.43. The first-order valence-corrected chi connectivity index (χ1v) is 12.5. The molecule has 0 saturated carbocycles. The number of rotatable bonds is 10. The number of carboxylic acid groups (broad SMARTS) is 2. The zero-order chi connectivity index (χ0) is 27.0. The Morgan fingerprint density at radius 1 is 0.629 bits per heavy atom. The molecule has 35 heavy (non-hydrogen) atoms. The molecule has 0 heterocycles. The zero-order valence-corrected chi connectivity index (χ0v) is 19.0. The molecule has 2 aromatic rings. The molecular formula is C19H18F4O10P2. The van der Waals surface area contributed by atoms with E-state index in [0.717, 1.165) is 24.3 Å². The molecule has 0 aromatic heterocycles. The van der Waals surface area contributed by atoms with Gasteiger partial charge in [0.25, 0.3) is 0 Å². The van der Waals surface area contributed by atoms with Crippen LogP contribution in [0.15, 0.2) is 48.5 Å². The average molecular weight is 544 g/mol. The largest absolute Gasteiger partial charge is 0.480 e. The van der Waals surface area contributed by atoms with E-state index in [9.17, 15) is 46.5 Å². The van der Waals surface area contributed by atoms with Gasteiger partial charge in [0.2, 0.25) is 0 Å². The lowest BCUT2D eigenvalue weighted by atomic mass is 9.76. The van der Waals surface area contributed by atoms with Gasteiger partial charge in [0, 0.05) is 11.1 Å². The number of halogens is 4. The van der Waals surface area contributed by atoms with Gasteiger partial charge in [-0.3, -0.25) is 18.7 Å². The maximum absolute atomic E-state index is 13.8. The third-order valence-electron chi connectivity index (χ3n) is 5.16. The Kier molecular flexibility index (Phi) is 7.74. The maximum Gasteiger partial charge on any atom is 0.399 e. The van der Waals surface area contributed by atoms with Crippen LogP contribution in [0.1, 0.15) is 22.3 Å². The highest BCUT2D eigenvalue weighted by molar-refractivity contribution is 7.52. The monoisotopic (exact) mass is 544 g/mol. The molecule has 16 heteroatoms. The summed E-state index contributed by atoms with van der Waals surface area (Å²) >= 11 is 0. The molecule has 10 nitrogen and oxygen atoms in total. The summed E-state index contributed by atoms with van der Waals surface area (Å²) in [5.74, 6) is -3.72. The number of aliphatic carboxylic acids is 2. The van der Waals surface area contributed by atoms with Crippen LogP contribution in [0.25, 0.3) is 0 Å². The first-order valence-electron chi connectivity index (χ1n) is 9.28. The van der Waals surface area contributed by atoms with E-state index in [4.69, 9.17) is 19.6 Å². The third-order valence-corrected chi connectivity index (χ3v) is 7.14. The van der Waals surface area contributed by atoms with Crippen LogP contribution >= 0.6 is 15.2 Å². The van der Waals surface area contributed by atoms with Crippen LogP contribution in [0.2, 0.25) is 0 Å². The summed E-state index contributed by atoms with van der Waals surface area (Å²) in [7, 11) is -11.7. The van der Waals surface area contributed by atoms with Crippen molar-refractivity contribution in [1.29, 1.82) is 0 Å². The molecule has 0 bridgehead atoms. The van der Waals surface area contributed by atoms with Gasteiger partial charge < -0.3 is 29.8 Å². The molecule has 6 N–H and O–H groups in total. The van der Waals surface area contributed by atoms with Crippen LogP contribution in [0, 0.1) is 5.41 Å². The Bertz CT molecular complexity index is 1110. The second kappa shape index (κ2) is 9.45. The molecule has 0 amide bonds. The van der Waals surface area contributed by atoms with Gasteiger partial charge in [-0.05, 0) is 24.0 Å². The van der Waals surface area contributed by atoms with Crippen molar-refractivity contribution >= 4 is 27.1 Å². The molecule has 0 radical (unpaired) electrons. The topological polar surface area (TPSA) is 190 Å². The smallest absolute Gasteiger partial charge is 0.399 e. The average Bonchev–Trinajstić information content (AvgIpc) is 2.72. The third kappa shape index (κ3) is 5.64.